The molecule has 0 bridgehead atoms. The topological polar surface area (TPSA) is 82.2 Å². The van der Waals surface area contributed by atoms with E-state index in [0.29, 0.717) is 35.6 Å². The van der Waals surface area contributed by atoms with Crippen LogP contribution >= 0.6 is 0 Å². The number of anilines is 1. The summed E-state index contributed by atoms with van der Waals surface area (Å²) < 4.78 is 1.98. The summed E-state index contributed by atoms with van der Waals surface area (Å²) in [5, 5.41) is 20.7. The van der Waals surface area contributed by atoms with Crippen LogP contribution in [0.4, 0.5) is 5.69 Å². The van der Waals surface area contributed by atoms with Crippen molar-refractivity contribution in [1.82, 2.24) is 9.55 Å². The summed E-state index contributed by atoms with van der Waals surface area (Å²) >= 11 is 0. The van der Waals surface area contributed by atoms with Gasteiger partial charge in [0.1, 0.15) is 5.82 Å². The van der Waals surface area contributed by atoms with Gasteiger partial charge in [0, 0.05) is 12.1 Å². The lowest BCUT2D eigenvalue weighted by Crippen LogP contribution is -2.41. The fourth-order valence-electron chi connectivity index (χ4n) is 4.35. The van der Waals surface area contributed by atoms with Crippen molar-refractivity contribution < 1.29 is 9.90 Å². The molecule has 6 heteroatoms. The molecule has 6 nitrogen and oxygen atoms in total. The average molecular weight is 408 g/mol. The molecule has 152 valence electrons. The molecule has 0 radical (unpaired) electrons. The smallest absolute Gasteiger partial charge is 0.268 e. The number of hydrogen-bond acceptors (Lipinski definition) is 4. The number of imidazole rings is 1. The monoisotopic (exact) mass is 408 g/mol. The highest BCUT2D eigenvalue weighted by Crippen LogP contribution is 2.44. The number of carbonyl (C=O) groups excluding carboxylic acids is 1. The second-order valence-corrected chi connectivity index (χ2v) is 7.56. The first-order valence-electron chi connectivity index (χ1n) is 10.1. The van der Waals surface area contributed by atoms with Crippen LogP contribution in [0.1, 0.15) is 23.4 Å². The van der Waals surface area contributed by atoms with Crippen LogP contribution in [0.15, 0.2) is 78.9 Å². The Morgan fingerprint density at radius 1 is 0.968 bits per heavy atom. The molecular formula is C25H20N4O2. The molecule has 5 rings (SSSR count). The number of aryl methyl sites for hydroxylation is 1. The van der Waals surface area contributed by atoms with Crippen LogP contribution in [0.5, 0.6) is 0 Å². The standard InChI is InChI=1S/C25H20N4O2/c26-15-8-16-28-22-14-7-5-12-20(22)27-23(28)17-29-21-13-6-4-11-19(21)25(31,24(29)30)18-9-2-1-3-10-18/h1-7,9-14,31H,8,16-17H2. The van der Waals surface area contributed by atoms with Crippen molar-refractivity contribution in [2.24, 2.45) is 0 Å². The van der Waals surface area contributed by atoms with Crippen molar-refractivity contribution in [2.45, 2.75) is 25.1 Å². The van der Waals surface area contributed by atoms with Crippen LogP contribution in [-0.2, 0) is 23.5 Å². The van der Waals surface area contributed by atoms with Gasteiger partial charge in [0.25, 0.3) is 5.91 Å². The van der Waals surface area contributed by atoms with Gasteiger partial charge >= 0.3 is 0 Å². The molecule has 4 aromatic rings. The van der Waals surface area contributed by atoms with E-state index in [-0.39, 0.29) is 6.54 Å². The number of nitrogens with zero attached hydrogens (tertiary/aromatic N) is 4. The zero-order valence-corrected chi connectivity index (χ0v) is 16.8. The van der Waals surface area contributed by atoms with Gasteiger partial charge in [-0.3, -0.25) is 4.79 Å². The first kappa shape index (κ1) is 19.0. The molecule has 1 atom stereocenters. The Balaban J connectivity index is 1.61. The van der Waals surface area contributed by atoms with Crippen LogP contribution in [0.3, 0.4) is 0 Å². The van der Waals surface area contributed by atoms with Gasteiger partial charge in [-0.25, -0.2) is 4.98 Å². The number of nitriles is 1. The first-order valence-corrected chi connectivity index (χ1v) is 10.1. The van der Waals surface area contributed by atoms with Gasteiger partial charge in [-0.15, -0.1) is 0 Å². The van der Waals surface area contributed by atoms with Crippen molar-refractivity contribution in [2.75, 3.05) is 4.90 Å². The minimum Gasteiger partial charge on any atom is -0.372 e. The molecule has 0 saturated heterocycles. The van der Waals surface area contributed by atoms with Crippen LogP contribution in [0.25, 0.3) is 11.0 Å². The summed E-state index contributed by atoms with van der Waals surface area (Å²) in [5.41, 5.74) is 1.75. The van der Waals surface area contributed by atoms with Gasteiger partial charge < -0.3 is 14.6 Å². The summed E-state index contributed by atoms with van der Waals surface area (Å²) in [4.78, 5) is 19.9. The highest BCUT2D eigenvalue weighted by molar-refractivity contribution is 6.09. The maximum atomic E-state index is 13.6. The number of fused-ring (bicyclic) bond motifs is 2. The van der Waals surface area contributed by atoms with E-state index in [0.717, 1.165) is 11.0 Å². The van der Waals surface area contributed by atoms with Crippen LogP contribution in [0, 0.1) is 11.3 Å². The molecule has 1 N–H and O–H groups in total. The van der Waals surface area contributed by atoms with Gasteiger partial charge in [0.05, 0.1) is 35.8 Å². The molecule has 1 aliphatic heterocycles. The molecule has 2 heterocycles. The Kier molecular flexibility index (Phi) is 4.54. The minimum absolute atomic E-state index is 0.200. The second kappa shape index (κ2) is 7.38. The van der Waals surface area contributed by atoms with Crippen molar-refractivity contribution in [3.05, 3.63) is 95.8 Å². The molecule has 1 aromatic heterocycles. The van der Waals surface area contributed by atoms with Gasteiger partial charge in [0.2, 0.25) is 0 Å². The zero-order valence-electron chi connectivity index (χ0n) is 16.8. The van der Waals surface area contributed by atoms with Crippen molar-refractivity contribution in [3.63, 3.8) is 0 Å². The zero-order chi connectivity index (χ0) is 21.4. The quantitative estimate of drug-likeness (QED) is 0.545. The first-order chi connectivity index (χ1) is 15.1. The summed E-state index contributed by atoms with van der Waals surface area (Å²) in [6, 6.07) is 26.2. The van der Waals surface area contributed by atoms with E-state index in [4.69, 9.17) is 10.2 Å². The van der Waals surface area contributed by atoms with E-state index >= 15 is 0 Å². The number of rotatable bonds is 5. The number of aromatic nitrogens is 2. The Morgan fingerprint density at radius 3 is 2.48 bits per heavy atom. The summed E-state index contributed by atoms with van der Waals surface area (Å²) in [6.45, 7) is 0.685. The van der Waals surface area contributed by atoms with Crippen LogP contribution in [0.2, 0.25) is 0 Å². The normalized spacial score (nSPS) is 17.7. The lowest BCUT2D eigenvalue weighted by Gasteiger charge is -2.23. The number of carbonyl (C=O) groups is 1. The summed E-state index contributed by atoms with van der Waals surface area (Å²) in [6.07, 6.45) is 0.339. The predicted molar refractivity (Wildman–Crippen MR) is 117 cm³/mol. The molecule has 0 spiro atoms. The highest BCUT2D eigenvalue weighted by Gasteiger charge is 2.51. The maximum Gasteiger partial charge on any atom is 0.268 e. The number of benzene rings is 3. The largest absolute Gasteiger partial charge is 0.372 e. The number of para-hydroxylation sites is 3. The van der Waals surface area contributed by atoms with Crippen molar-refractivity contribution in [1.29, 1.82) is 5.26 Å². The molecule has 0 fully saturated rings. The molecule has 0 aliphatic carbocycles. The highest BCUT2D eigenvalue weighted by atomic mass is 16.3. The third-order valence-electron chi connectivity index (χ3n) is 5.81. The minimum atomic E-state index is -1.75. The average Bonchev–Trinajstić information content (AvgIpc) is 3.27. The maximum absolute atomic E-state index is 13.6. The SMILES string of the molecule is N#CCCn1c(CN2C(=O)C(O)(c3ccccc3)c3ccccc32)nc2ccccc21. The van der Waals surface area contributed by atoms with E-state index in [2.05, 4.69) is 6.07 Å². The fraction of sp³-hybridized carbons (Fsp3) is 0.160. The molecule has 1 unspecified atom stereocenters. The van der Waals surface area contributed by atoms with E-state index < -0.39 is 11.5 Å². The Labute approximate surface area is 179 Å². The third kappa shape index (κ3) is 2.90. The molecular weight excluding hydrogens is 388 g/mol. The molecule has 31 heavy (non-hydrogen) atoms. The van der Waals surface area contributed by atoms with Crippen LogP contribution < -0.4 is 4.90 Å². The Morgan fingerprint density at radius 2 is 1.68 bits per heavy atom. The van der Waals surface area contributed by atoms with Gasteiger partial charge in [-0.1, -0.05) is 60.7 Å². The van der Waals surface area contributed by atoms with E-state index in [1.165, 1.54) is 0 Å². The number of hydrogen-bond donors (Lipinski definition) is 1. The Hall–Kier alpha value is -3.95. The predicted octanol–water partition coefficient (Wildman–Crippen LogP) is 3.73. The Bertz CT molecular complexity index is 1320. The summed E-state index contributed by atoms with van der Waals surface area (Å²) in [7, 11) is 0. The van der Waals surface area contributed by atoms with Crippen molar-refractivity contribution >= 4 is 22.6 Å². The second-order valence-electron chi connectivity index (χ2n) is 7.56. The van der Waals surface area contributed by atoms with E-state index in [1.54, 1.807) is 23.1 Å². The van der Waals surface area contributed by atoms with E-state index in [9.17, 15) is 9.90 Å². The van der Waals surface area contributed by atoms with Gasteiger partial charge in [-0.2, -0.15) is 5.26 Å². The van der Waals surface area contributed by atoms with Gasteiger partial charge in [-0.05, 0) is 23.8 Å². The molecule has 1 amide bonds. The third-order valence-corrected chi connectivity index (χ3v) is 5.81. The van der Waals surface area contributed by atoms with Crippen molar-refractivity contribution in [3.8, 4) is 6.07 Å². The molecule has 0 saturated carbocycles. The lowest BCUT2D eigenvalue weighted by atomic mass is 9.88. The summed E-state index contributed by atoms with van der Waals surface area (Å²) in [5.74, 6) is 0.274. The number of aliphatic hydroxyl groups is 1. The molecule has 1 aliphatic rings. The fourth-order valence-corrected chi connectivity index (χ4v) is 4.35. The van der Waals surface area contributed by atoms with Gasteiger partial charge in [0.15, 0.2) is 5.60 Å². The molecule has 3 aromatic carbocycles. The van der Waals surface area contributed by atoms with Crippen LogP contribution in [-0.4, -0.2) is 20.6 Å². The van der Waals surface area contributed by atoms with E-state index in [1.807, 2.05) is 65.2 Å². The lowest BCUT2D eigenvalue weighted by molar-refractivity contribution is -0.132. The number of amides is 1.